The van der Waals surface area contributed by atoms with Crippen molar-refractivity contribution in [3.05, 3.63) is 35.1 Å². The highest BCUT2D eigenvalue weighted by Gasteiger charge is 2.11. The second-order valence-corrected chi connectivity index (χ2v) is 4.26. The van der Waals surface area contributed by atoms with E-state index < -0.39 is 5.82 Å². The third kappa shape index (κ3) is 4.09. The van der Waals surface area contributed by atoms with Crippen LogP contribution in [-0.2, 0) is 17.9 Å². The van der Waals surface area contributed by atoms with E-state index in [1.165, 1.54) is 12.1 Å². The molecule has 0 aliphatic carbocycles. The predicted molar refractivity (Wildman–Crippen MR) is 67.3 cm³/mol. The molecule has 4 nitrogen and oxygen atoms in total. The second kappa shape index (κ2) is 7.08. The Labute approximate surface area is 106 Å². The van der Waals surface area contributed by atoms with Gasteiger partial charge in [0, 0.05) is 24.6 Å². The zero-order valence-electron chi connectivity index (χ0n) is 10.7. The van der Waals surface area contributed by atoms with E-state index in [9.17, 15) is 9.18 Å². The van der Waals surface area contributed by atoms with Gasteiger partial charge in [0.05, 0.1) is 6.61 Å². The van der Waals surface area contributed by atoms with E-state index in [0.717, 1.165) is 0 Å². The number of rotatable bonds is 6. The quantitative estimate of drug-likeness (QED) is 0.703. The summed E-state index contributed by atoms with van der Waals surface area (Å²) in [5.74, 6) is -0.653. The van der Waals surface area contributed by atoms with Crippen LogP contribution in [0.15, 0.2) is 18.2 Å². The Morgan fingerprint density at radius 2 is 2.22 bits per heavy atom. The van der Waals surface area contributed by atoms with Crippen molar-refractivity contribution >= 4 is 5.91 Å². The number of hydrogen-bond acceptors (Lipinski definition) is 3. The molecule has 0 aromatic heterocycles. The molecule has 5 heteroatoms. The van der Waals surface area contributed by atoms with Crippen LogP contribution < -0.4 is 10.6 Å². The number of carbonyl (C=O) groups is 1. The molecule has 0 saturated heterocycles. The summed E-state index contributed by atoms with van der Waals surface area (Å²) in [5, 5.41) is 14.5. The van der Waals surface area contributed by atoms with Gasteiger partial charge in [0.2, 0.25) is 5.91 Å². The molecule has 1 amide bonds. The summed E-state index contributed by atoms with van der Waals surface area (Å²) in [5.41, 5.74) is 0.934. The first-order valence-electron chi connectivity index (χ1n) is 5.89. The fourth-order valence-corrected chi connectivity index (χ4v) is 1.59. The Kier molecular flexibility index (Phi) is 5.74. The lowest BCUT2D eigenvalue weighted by Crippen LogP contribution is -2.33. The molecule has 3 N–H and O–H groups in total. The van der Waals surface area contributed by atoms with Crippen molar-refractivity contribution in [2.75, 3.05) is 13.6 Å². The SMILES string of the molecule is CNCC(C)C(=O)NCc1ccc(CO)c(F)c1. The smallest absolute Gasteiger partial charge is 0.224 e. The van der Waals surface area contributed by atoms with E-state index in [0.29, 0.717) is 12.1 Å². The lowest BCUT2D eigenvalue weighted by Gasteiger charge is -2.12. The van der Waals surface area contributed by atoms with E-state index in [1.54, 1.807) is 13.1 Å². The van der Waals surface area contributed by atoms with Gasteiger partial charge in [0.15, 0.2) is 0 Å². The van der Waals surface area contributed by atoms with E-state index >= 15 is 0 Å². The standard InChI is InChI=1S/C13H19FN2O2/c1-9(6-15-2)13(18)16-7-10-3-4-11(8-17)12(14)5-10/h3-5,9,15,17H,6-8H2,1-2H3,(H,16,18). The summed E-state index contributed by atoms with van der Waals surface area (Å²) < 4.78 is 13.4. The summed E-state index contributed by atoms with van der Waals surface area (Å²) in [4.78, 5) is 11.6. The van der Waals surface area contributed by atoms with Gasteiger partial charge in [-0.2, -0.15) is 0 Å². The molecule has 0 aliphatic heterocycles. The third-order valence-corrected chi connectivity index (χ3v) is 2.71. The molecule has 1 unspecified atom stereocenters. The maximum absolute atomic E-state index is 13.4. The van der Waals surface area contributed by atoms with Gasteiger partial charge >= 0.3 is 0 Å². The summed E-state index contributed by atoms with van der Waals surface area (Å²) in [7, 11) is 1.78. The van der Waals surface area contributed by atoms with Gasteiger partial charge < -0.3 is 15.7 Å². The van der Waals surface area contributed by atoms with Crippen LogP contribution in [-0.4, -0.2) is 24.6 Å². The minimum absolute atomic E-state index is 0.0732. The van der Waals surface area contributed by atoms with Crippen LogP contribution in [0.4, 0.5) is 4.39 Å². The first-order valence-corrected chi connectivity index (χ1v) is 5.89. The van der Waals surface area contributed by atoms with Gasteiger partial charge in [-0.05, 0) is 18.7 Å². The molecule has 18 heavy (non-hydrogen) atoms. The Morgan fingerprint density at radius 1 is 1.50 bits per heavy atom. The molecule has 1 atom stereocenters. The number of nitrogens with one attached hydrogen (secondary N) is 2. The molecule has 0 spiro atoms. The Bertz CT molecular complexity index is 410. The molecule has 0 saturated carbocycles. The van der Waals surface area contributed by atoms with E-state index in [1.807, 2.05) is 6.92 Å². The summed E-state index contributed by atoms with van der Waals surface area (Å²) >= 11 is 0. The van der Waals surface area contributed by atoms with Crippen molar-refractivity contribution in [3.8, 4) is 0 Å². The summed E-state index contributed by atoms with van der Waals surface area (Å²) in [6.07, 6.45) is 0. The normalized spacial score (nSPS) is 12.2. The fraction of sp³-hybridized carbons (Fsp3) is 0.462. The Balaban J connectivity index is 2.53. The van der Waals surface area contributed by atoms with Gasteiger partial charge in [-0.1, -0.05) is 19.1 Å². The number of hydrogen-bond donors (Lipinski definition) is 3. The molecule has 0 radical (unpaired) electrons. The Morgan fingerprint density at radius 3 is 2.78 bits per heavy atom. The van der Waals surface area contributed by atoms with Crippen molar-refractivity contribution in [1.82, 2.24) is 10.6 Å². The van der Waals surface area contributed by atoms with Crippen LogP contribution in [0, 0.1) is 11.7 Å². The first kappa shape index (κ1) is 14.6. The monoisotopic (exact) mass is 254 g/mol. The summed E-state index contributed by atoms with van der Waals surface area (Å²) in [6.45, 7) is 2.39. The minimum atomic E-state index is -0.451. The Hall–Kier alpha value is -1.46. The molecule has 100 valence electrons. The van der Waals surface area contributed by atoms with Crippen LogP contribution >= 0.6 is 0 Å². The molecular weight excluding hydrogens is 235 g/mol. The van der Waals surface area contributed by atoms with Crippen LogP contribution in [0.1, 0.15) is 18.1 Å². The van der Waals surface area contributed by atoms with Crippen LogP contribution in [0.3, 0.4) is 0 Å². The van der Waals surface area contributed by atoms with Gasteiger partial charge in [0.25, 0.3) is 0 Å². The molecule has 1 rings (SSSR count). The highest BCUT2D eigenvalue weighted by molar-refractivity contribution is 5.78. The zero-order chi connectivity index (χ0) is 13.5. The molecule has 1 aromatic rings. The molecule has 0 fully saturated rings. The maximum Gasteiger partial charge on any atom is 0.224 e. The number of amides is 1. The second-order valence-electron chi connectivity index (χ2n) is 4.26. The molecule has 0 aliphatic rings. The van der Waals surface area contributed by atoms with Gasteiger partial charge in [-0.3, -0.25) is 4.79 Å². The fourth-order valence-electron chi connectivity index (χ4n) is 1.59. The number of halogens is 1. The number of aliphatic hydroxyl groups is 1. The molecule has 0 bridgehead atoms. The molecule has 0 heterocycles. The number of aliphatic hydroxyl groups excluding tert-OH is 1. The highest BCUT2D eigenvalue weighted by Crippen LogP contribution is 2.10. The zero-order valence-corrected chi connectivity index (χ0v) is 10.7. The van der Waals surface area contributed by atoms with Crippen molar-refractivity contribution in [3.63, 3.8) is 0 Å². The van der Waals surface area contributed by atoms with E-state index in [4.69, 9.17) is 5.11 Å². The van der Waals surface area contributed by atoms with Gasteiger partial charge in [0.1, 0.15) is 5.82 Å². The number of benzene rings is 1. The van der Waals surface area contributed by atoms with Crippen molar-refractivity contribution < 1.29 is 14.3 Å². The average Bonchev–Trinajstić information content (AvgIpc) is 2.36. The third-order valence-electron chi connectivity index (χ3n) is 2.71. The lowest BCUT2D eigenvalue weighted by molar-refractivity contribution is -0.124. The van der Waals surface area contributed by atoms with Crippen LogP contribution in [0.5, 0.6) is 0 Å². The first-order chi connectivity index (χ1) is 8.58. The highest BCUT2D eigenvalue weighted by atomic mass is 19.1. The largest absolute Gasteiger partial charge is 0.392 e. The van der Waals surface area contributed by atoms with E-state index in [2.05, 4.69) is 10.6 Å². The average molecular weight is 254 g/mol. The van der Waals surface area contributed by atoms with E-state index in [-0.39, 0.29) is 30.5 Å². The van der Waals surface area contributed by atoms with Crippen LogP contribution in [0.25, 0.3) is 0 Å². The maximum atomic E-state index is 13.4. The van der Waals surface area contributed by atoms with Crippen molar-refractivity contribution in [2.24, 2.45) is 5.92 Å². The molecular formula is C13H19FN2O2. The number of carbonyl (C=O) groups excluding carboxylic acids is 1. The summed E-state index contributed by atoms with van der Waals surface area (Å²) in [6, 6.07) is 4.54. The van der Waals surface area contributed by atoms with Gasteiger partial charge in [-0.25, -0.2) is 4.39 Å². The topological polar surface area (TPSA) is 61.4 Å². The predicted octanol–water partition coefficient (Wildman–Crippen LogP) is 0.790. The van der Waals surface area contributed by atoms with Crippen LogP contribution in [0.2, 0.25) is 0 Å². The lowest BCUT2D eigenvalue weighted by atomic mass is 10.1. The van der Waals surface area contributed by atoms with Crippen molar-refractivity contribution in [1.29, 1.82) is 0 Å². The minimum Gasteiger partial charge on any atom is -0.392 e. The molecule has 1 aromatic carbocycles. The van der Waals surface area contributed by atoms with Gasteiger partial charge in [-0.15, -0.1) is 0 Å². The van der Waals surface area contributed by atoms with Crippen molar-refractivity contribution in [2.45, 2.75) is 20.1 Å².